The molecule has 1 amide bonds. The van der Waals surface area contributed by atoms with Gasteiger partial charge in [-0.15, -0.1) is 0 Å². The molecule has 8 heteroatoms. The number of sulfonamides is 1. The summed E-state index contributed by atoms with van der Waals surface area (Å²) in [4.78, 5) is 16.7. The highest BCUT2D eigenvalue weighted by atomic mass is 32.2. The molecule has 0 aliphatic carbocycles. The molecular formula is C19H23N3O4S. The highest BCUT2D eigenvalue weighted by Gasteiger charge is 2.32. The maximum absolute atomic E-state index is 12.5. The van der Waals surface area contributed by atoms with Gasteiger partial charge in [-0.25, -0.2) is 13.4 Å². The van der Waals surface area contributed by atoms with Crippen molar-refractivity contribution >= 4 is 21.6 Å². The van der Waals surface area contributed by atoms with Crippen LogP contribution in [0.3, 0.4) is 0 Å². The highest BCUT2D eigenvalue weighted by Crippen LogP contribution is 2.34. The Bertz CT molecular complexity index is 959. The van der Waals surface area contributed by atoms with Crippen molar-refractivity contribution in [2.75, 3.05) is 17.2 Å². The predicted octanol–water partition coefficient (Wildman–Crippen LogP) is 2.12. The Hall–Kier alpha value is -2.61. The second-order valence-electron chi connectivity index (χ2n) is 6.54. The first-order chi connectivity index (χ1) is 12.8. The third-order valence-corrected chi connectivity index (χ3v) is 5.69. The number of hydrogen-bond donors (Lipinski definition) is 1. The maximum Gasteiger partial charge on any atom is 0.251 e. The highest BCUT2D eigenvalue weighted by molar-refractivity contribution is 7.92. The standard InChI is InChI=1S/C19H23N3O4S/c1-4-26-19-15(6-5-9-20-19)12-21-18(23)14-7-8-17-16(11-14)10-13(2)22(17)27(3,24)25/h5-9,11,13H,4,10,12H2,1-3H3,(H,21,23). The molecule has 1 aromatic heterocycles. The van der Waals surface area contributed by atoms with Gasteiger partial charge >= 0.3 is 0 Å². The molecule has 3 rings (SSSR count). The second-order valence-corrected chi connectivity index (χ2v) is 8.40. The first kappa shape index (κ1) is 19.2. The molecule has 1 N–H and O–H groups in total. The third-order valence-electron chi connectivity index (χ3n) is 4.42. The minimum Gasteiger partial charge on any atom is -0.478 e. The number of aromatic nitrogens is 1. The number of carbonyl (C=O) groups excluding carboxylic acids is 1. The molecule has 1 aliphatic rings. The van der Waals surface area contributed by atoms with Crippen molar-refractivity contribution in [3.8, 4) is 5.88 Å². The molecule has 27 heavy (non-hydrogen) atoms. The van der Waals surface area contributed by atoms with Crippen LogP contribution in [0, 0.1) is 0 Å². The molecular weight excluding hydrogens is 366 g/mol. The largest absolute Gasteiger partial charge is 0.478 e. The lowest BCUT2D eigenvalue weighted by molar-refractivity contribution is 0.0950. The molecule has 0 bridgehead atoms. The first-order valence-electron chi connectivity index (χ1n) is 8.78. The van der Waals surface area contributed by atoms with E-state index in [0.717, 1.165) is 11.1 Å². The topological polar surface area (TPSA) is 88.6 Å². The van der Waals surface area contributed by atoms with Crippen LogP contribution in [-0.2, 0) is 23.0 Å². The van der Waals surface area contributed by atoms with E-state index in [0.29, 0.717) is 36.7 Å². The lowest BCUT2D eigenvalue weighted by Gasteiger charge is -2.21. The summed E-state index contributed by atoms with van der Waals surface area (Å²) in [7, 11) is -3.34. The molecule has 2 aromatic rings. The van der Waals surface area contributed by atoms with Gasteiger partial charge in [-0.1, -0.05) is 6.07 Å². The molecule has 7 nitrogen and oxygen atoms in total. The summed E-state index contributed by atoms with van der Waals surface area (Å²) in [6.07, 6.45) is 3.43. The van der Waals surface area contributed by atoms with Crippen LogP contribution in [0.15, 0.2) is 36.5 Å². The van der Waals surface area contributed by atoms with E-state index in [1.165, 1.54) is 10.6 Å². The summed E-state index contributed by atoms with van der Waals surface area (Å²) in [5.74, 6) is 0.279. The number of benzene rings is 1. The normalized spacial score (nSPS) is 16.1. The SMILES string of the molecule is CCOc1ncccc1CNC(=O)c1ccc2c(c1)CC(C)N2S(C)(=O)=O. The molecule has 1 aromatic carbocycles. The van der Waals surface area contributed by atoms with Gasteiger partial charge in [-0.2, -0.15) is 0 Å². The van der Waals surface area contributed by atoms with E-state index in [2.05, 4.69) is 10.3 Å². The fourth-order valence-electron chi connectivity index (χ4n) is 3.35. The smallest absolute Gasteiger partial charge is 0.251 e. The molecule has 144 valence electrons. The predicted molar refractivity (Wildman–Crippen MR) is 104 cm³/mol. The van der Waals surface area contributed by atoms with Crippen LogP contribution in [0.4, 0.5) is 5.69 Å². The van der Waals surface area contributed by atoms with Gasteiger partial charge in [0, 0.05) is 29.9 Å². The minimum atomic E-state index is -3.34. The molecule has 2 heterocycles. The van der Waals surface area contributed by atoms with Gasteiger partial charge in [-0.3, -0.25) is 9.10 Å². The Kier molecular flexibility index (Phi) is 5.36. The van der Waals surface area contributed by atoms with Gasteiger partial charge in [0.25, 0.3) is 5.91 Å². The number of carbonyl (C=O) groups is 1. The summed E-state index contributed by atoms with van der Waals surface area (Å²) < 4.78 is 30.9. The summed E-state index contributed by atoms with van der Waals surface area (Å²) in [5, 5.41) is 2.87. The molecule has 1 unspecified atom stereocenters. The average Bonchev–Trinajstić information content (AvgIpc) is 2.96. The van der Waals surface area contributed by atoms with Gasteiger partial charge in [0.1, 0.15) is 0 Å². The van der Waals surface area contributed by atoms with E-state index in [4.69, 9.17) is 4.74 Å². The van der Waals surface area contributed by atoms with Crippen LogP contribution in [0.25, 0.3) is 0 Å². The zero-order chi connectivity index (χ0) is 19.6. The first-order valence-corrected chi connectivity index (χ1v) is 10.6. The van der Waals surface area contributed by atoms with Crippen molar-refractivity contribution in [3.05, 3.63) is 53.2 Å². The van der Waals surface area contributed by atoms with Gasteiger partial charge in [-0.05, 0) is 50.1 Å². The van der Waals surface area contributed by atoms with Gasteiger partial charge < -0.3 is 10.1 Å². The van der Waals surface area contributed by atoms with Crippen molar-refractivity contribution in [1.29, 1.82) is 0 Å². The number of ether oxygens (including phenoxy) is 1. The molecule has 1 aliphatic heterocycles. The van der Waals surface area contributed by atoms with E-state index in [1.807, 2.05) is 19.9 Å². The number of fused-ring (bicyclic) bond motifs is 1. The van der Waals surface area contributed by atoms with E-state index >= 15 is 0 Å². The number of nitrogens with zero attached hydrogens (tertiary/aromatic N) is 2. The van der Waals surface area contributed by atoms with Crippen LogP contribution in [-0.4, -0.2) is 38.2 Å². The van der Waals surface area contributed by atoms with Gasteiger partial charge in [0.15, 0.2) is 0 Å². The van der Waals surface area contributed by atoms with E-state index < -0.39 is 10.0 Å². The van der Waals surface area contributed by atoms with Crippen molar-refractivity contribution in [2.24, 2.45) is 0 Å². The van der Waals surface area contributed by atoms with Gasteiger partial charge in [0.05, 0.1) is 18.6 Å². The summed E-state index contributed by atoms with van der Waals surface area (Å²) in [6.45, 7) is 4.53. The number of nitrogens with one attached hydrogen (secondary N) is 1. The summed E-state index contributed by atoms with van der Waals surface area (Å²) >= 11 is 0. The number of anilines is 1. The number of amides is 1. The summed E-state index contributed by atoms with van der Waals surface area (Å²) in [6, 6.07) is 8.60. The van der Waals surface area contributed by atoms with Crippen molar-refractivity contribution in [1.82, 2.24) is 10.3 Å². The Morgan fingerprint density at radius 1 is 1.37 bits per heavy atom. The molecule has 0 saturated carbocycles. The lowest BCUT2D eigenvalue weighted by atomic mass is 10.1. The Morgan fingerprint density at radius 3 is 2.85 bits per heavy atom. The molecule has 1 atom stereocenters. The fraction of sp³-hybridized carbons (Fsp3) is 0.368. The van der Waals surface area contributed by atoms with Crippen LogP contribution < -0.4 is 14.4 Å². The van der Waals surface area contributed by atoms with Gasteiger partial charge in [0.2, 0.25) is 15.9 Å². The number of hydrogen-bond acceptors (Lipinski definition) is 5. The van der Waals surface area contributed by atoms with Crippen molar-refractivity contribution < 1.29 is 17.9 Å². The molecule has 0 saturated heterocycles. The zero-order valence-electron chi connectivity index (χ0n) is 15.6. The number of rotatable bonds is 6. The van der Waals surface area contributed by atoms with Crippen LogP contribution >= 0.6 is 0 Å². The fourth-order valence-corrected chi connectivity index (χ4v) is 4.62. The third kappa shape index (κ3) is 4.05. The summed E-state index contributed by atoms with van der Waals surface area (Å²) in [5.41, 5.74) is 2.80. The zero-order valence-corrected chi connectivity index (χ0v) is 16.4. The Morgan fingerprint density at radius 2 is 2.15 bits per heavy atom. The van der Waals surface area contributed by atoms with Crippen LogP contribution in [0.1, 0.15) is 35.3 Å². The lowest BCUT2D eigenvalue weighted by Crippen LogP contribution is -2.34. The van der Waals surface area contributed by atoms with Crippen molar-refractivity contribution in [3.63, 3.8) is 0 Å². The second kappa shape index (κ2) is 7.56. The van der Waals surface area contributed by atoms with Crippen LogP contribution in [0.5, 0.6) is 5.88 Å². The minimum absolute atomic E-state index is 0.155. The van der Waals surface area contributed by atoms with E-state index in [-0.39, 0.29) is 11.9 Å². The van der Waals surface area contributed by atoms with E-state index in [1.54, 1.807) is 30.5 Å². The van der Waals surface area contributed by atoms with Crippen molar-refractivity contribution in [2.45, 2.75) is 32.9 Å². The number of pyridine rings is 1. The van der Waals surface area contributed by atoms with Crippen LogP contribution in [0.2, 0.25) is 0 Å². The molecule has 0 radical (unpaired) electrons. The maximum atomic E-state index is 12.5. The van der Waals surface area contributed by atoms with E-state index in [9.17, 15) is 13.2 Å². The average molecular weight is 389 g/mol. The Labute approximate surface area is 159 Å². The Balaban J connectivity index is 1.75. The molecule has 0 fully saturated rings. The quantitative estimate of drug-likeness (QED) is 0.818. The molecule has 0 spiro atoms. The monoisotopic (exact) mass is 389 g/mol.